The van der Waals surface area contributed by atoms with Gasteiger partial charge >= 0.3 is 0 Å². The zero-order valence-corrected chi connectivity index (χ0v) is 12.3. The van der Waals surface area contributed by atoms with E-state index in [4.69, 9.17) is 18.0 Å². The molecule has 0 unspecified atom stereocenters. The van der Waals surface area contributed by atoms with E-state index in [1.54, 1.807) is 42.6 Å². The Morgan fingerprint density at radius 1 is 1.15 bits per heavy atom. The molecule has 0 aliphatic carbocycles. The van der Waals surface area contributed by atoms with Crippen LogP contribution in [-0.4, -0.2) is 24.6 Å². The SMILES string of the molecule is CS(=O)(=O)c1ccc(Nc2ccc(C(N)=S)nc2)cc1. The van der Waals surface area contributed by atoms with Crippen molar-refractivity contribution in [2.24, 2.45) is 5.73 Å². The van der Waals surface area contributed by atoms with E-state index in [0.29, 0.717) is 5.69 Å². The number of nitrogens with two attached hydrogens (primary N) is 1. The molecule has 0 aliphatic rings. The molecule has 3 N–H and O–H groups in total. The summed E-state index contributed by atoms with van der Waals surface area (Å²) in [6, 6.07) is 10.0. The number of nitrogens with zero attached hydrogens (tertiary/aromatic N) is 1. The van der Waals surface area contributed by atoms with Gasteiger partial charge in [-0.05, 0) is 36.4 Å². The van der Waals surface area contributed by atoms with Crippen molar-refractivity contribution in [1.82, 2.24) is 4.98 Å². The Morgan fingerprint density at radius 2 is 1.75 bits per heavy atom. The zero-order valence-electron chi connectivity index (χ0n) is 10.7. The molecule has 0 spiro atoms. The van der Waals surface area contributed by atoms with E-state index < -0.39 is 9.84 Å². The molecule has 104 valence electrons. The maximum Gasteiger partial charge on any atom is 0.175 e. The summed E-state index contributed by atoms with van der Waals surface area (Å²) in [5, 5.41) is 3.11. The minimum Gasteiger partial charge on any atom is -0.388 e. The zero-order chi connectivity index (χ0) is 14.8. The van der Waals surface area contributed by atoms with Crippen molar-refractivity contribution in [3.05, 3.63) is 48.3 Å². The van der Waals surface area contributed by atoms with Gasteiger partial charge < -0.3 is 11.1 Å². The normalized spacial score (nSPS) is 11.1. The van der Waals surface area contributed by atoms with Crippen LogP contribution >= 0.6 is 12.2 Å². The fourth-order valence-corrected chi connectivity index (χ4v) is 2.32. The lowest BCUT2D eigenvalue weighted by atomic mass is 10.3. The second-order valence-corrected chi connectivity index (χ2v) is 6.67. The Balaban J connectivity index is 2.16. The fraction of sp³-hybridized carbons (Fsp3) is 0.0769. The van der Waals surface area contributed by atoms with Crippen LogP contribution in [0.25, 0.3) is 0 Å². The molecule has 0 saturated carbocycles. The highest BCUT2D eigenvalue weighted by Gasteiger charge is 2.06. The van der Waals surface area contributed by atoms with Crippen molar-refractivity contribution in [2.45, 2.75) is 4.90 Å². The Bertz CT molecular complexity index is 723. The molecule has 7 heteroatoms. The van der Waals surface area contributed by atoms with Crippen molar-refractivity contribution < 1.29 is 8.42 Å². The van der Waals surface area contributed by atoms with E-state index in [0.717, 1.165) is 11.4 Å². The molecule has 1 aromatic heterocycles. The highest BCUT2D eigenvalue weighted by atomic mass is 32.2. The van der Waals surface area contributed by atoms with Gasteiger partial charge in [0, 0.05) is 11.9 Å². The van der Waals surface area contributed by atoms with Crippen LogP contribution in [0.2, 0.25) is 0 Å². The van der Waals surface area contributed by atoms with Crippen molar-refractivity contribution >= 4 is 38.4 Å². The van der Waals surface area contributed by atoms with Gasteiger partial charge in [-0.15, -0.1) is 0 Å². The van der Waals surface area contributed by atoms with Crippen molar-refractivity contribution in [1.29, 1.82) is 0 Å². The van der Waals surface area contributed by atoms with Crippen LogP contribution in [-0.2, 0) is 9.84 Å². The second-order valence-electron chi connectivity index (χ2n) is 4.22. The third kappa shape index (κ3) is 3.52. The summed E-state index contributed by atoms with van der Waals surface area (Å²) < 4.78 is 22.7. The van der Waals surface area contributed by atoms with Gasteiger partial charge in [0.05, 0.1) is 22.5 Å². The minimum absolute atomic E-state index is 0.244. The van der Waals surface area contributed by atoms with Crippen LogP contribution in [0.3, 0.4) is 0 Å². The molecule has 0 amide bonds. The van der Waals surface area contributed by atoms with Crippen LogP contribution in [0.5, 0.6) is 0 Å². The van der Waals surface area contributed by atoms with Crippen LogP contribution < -0.4 is 11.1 Å². The lowest BCUT2D eigenvalue weighted by molar-refractivity contribution is 0.602. The summed E-state index contributed by atoms with van der Waals surface area (Å²) in [6.07, 6.45) is 2.78. The first kappa shape index (κ1) is 14.4. The summed E-state index contributed by atoms with van der Waals surface area (Å²) in [5.41, 5.74) is 7.55. The number of pyridine rings is 1. The quantitative estimate of drug-likeness (QED) is 0.839. The van der Waals surface area contributed by atoms with E-state index in [1.165, 1.54) is 6.26 Å². The number of benzene rings is 1. The fourth-order valence-electron chi connectivity index (χ4n) is 1.57. The Labute approximate surface area is 122 Å². The molecule has 0 fully saturated rings. The van der Waals surface area contributed by atoms with Crippen LogP contribution in [0, 0.1) is 0 Å². The van der Waals surface area contributed by atoms with Gasteiger partial charge in [0.15, 0.2) is 9.84 Å². The number of anilines is 2. The van der Waals surface area contributed by atoms with Crippen molar-refractivity contribution in [2.75, 3.05) is 11.6 Å². The Morgan fingerprint density at radius 3 is 2.20 bits per heavy atom. The Hall–Kier alpha value is -1.99. The molecule has 0 saturated heterocycles. The third-order valence-electron chi connectivity index (χ3n) is 2.59. The molecule has 2 aromatic rings. The molecular weight excluding hydrogens is 294 g/mol. The van der Waals surface area contributed by atoms with E-state index in [1.807, 2.05) is 0 Å². The van der Waals surface area contributed by atoms with Gasteiger partial charge in [-0.2, -0.15) is 0 Å². The number of thiocarbonyl (C=S) groups is 1. The van der Waals surface area contributed by atoms with E-state index >= 15 is 0 Å². The lowest BCUT2D eigenvalue weighted by Crippen LogP contribution is -2.11. The molecule has 5 nitrogen and oxygen atoms in total. The van der Waals surface area contributed by atoms with Gasteiger partial charge in [-0.25, -0.2) is 8.42 Å². The van der Waals surface area contributed by atoms with E-state index in [9.17, 15) is 8.42 Å². The van der Waals surface area contributed by atoms with Gasteiger partial charge in [-0.1, -0.05) is 12.2 Å². The predicted molar refractivity (Wildman–Crippen MR) is 83.0 cm³/mol. The topological polar surface area (TPSA) is 85.1 Å². The molecule has 2 rings (SSSR count). The summed E-state index contributed by atoms with van der Waals surface area (Å²) >= 11 is 4.82. The van der Waals surface area contributed by atoms with Gasteiger partial charge in [0.1, 0.15) is 4.99 Å². The average molecular weight is 307 g/mol. The molecule has 0 radical (unpaired) electrons. The van der Waals surface area contributed by atoms with Crippen LogP contribution in [0.1, 0.15) is 5.69 Å². The van der Waals surface area contributed by atoms with Crippen molar-refractivity contribution in [3.63, 3.8) is 0 Å². The highest BCUT2D eigenvalue weighted by Crippen LogP contribution is 2.18. The van der Waals surface area contributed by atoms with E-state index in [-0.39, 0.29) is 9.88 Å². The summed E-state index contributed by atoms with van der Waals surface area (Å²) in [6.45, 7) is 0. The van der Waals surface area contributed by atoms with Gasteiger partial charge in [0.2, 0.25) is 0 Å². The first-order chi connectivity index (χ1) is 9.36. The summed E-state index contributed by atoms with van der Waals surface area (Å²) in [4.78, 5) is 4.63. The first-order valence-corrected chi connectivity index (χ1v) is 7.99. The largest absolute Gasteiger partial charge is 0.388 e. The molecule has 0 bridgehead atoms. The molecule has 1 heterocycles. The van der Waals surface area contributed by atoms with Gasteiger partial charge in [-0.3, -0.25) is 4.98 Å². The number of aromatic nitrogens is 1. The smallest absolute Gasteiger partial charge is 0.175 e. The van der Waals surface area contributed by atoms with Crippen LogP contribution in [0.4, 0.5) is 11.4 Å². The Kier molecular flexibility index (Phi) is 4.01. The summed E-state index contributed by atoms with van der Waals surface area (Å²) in [5.74, 6) is 0. The highest BCUT2D eigenvalue weighted by molar-refractivity contribution is 7.90. The number of hydrogen-bond donors (Lipinski definition) is 2. The van der Waals surface area contributed by atoms with Crippen LogP contribution in [0.15, 0.2) is 47.5 Å². The number of nitrogens with one attached hydrogen (secondary N) is 1. The number of hydrogen-bond acceptors (Lipinski definition) is 5. The first-order valence-electron chi connectivity index (χ1n) is 5.69. The van der Waals surface area contributed by atoms with E-state index in [2.05, 4.69) is 10.3 Å². The maximum absolute atomic E-state index is 11.3. The number of rotatable bonds is 4. The third-order valence-corrected chi connectivity index (χ3v) is 3.92. The van der Waals surface area contributed by atoms with Gasteiger partial charge in [0.25, 0.3) is 0 Å². The standard InChI is InChI=1S/C13H13N3O2S2/c1-20(17,18)11-5-2-9(3-6-11)16-10-4-7-12(13(14)19)15-8-10/h2-8,16H,1H3,(H2,14,19). The van der Waals surface area contributed by atoms with Crippen molar-refractivity contribution in [3.8, 4) is 0 Å². The summed E-state index contributed by atoms with van der Waals surface area (Å²) in [7, 11) is -3.18. The molecule has 20 heavy (non-hydrogen) atoms. The average Bonchev–Trinajstić information content (AvgIpc) is 2.39. The predicted octanol–water partition coefficient (Wildman–Crippen LogP) is 1.86. The second kappa shape index (κ2) is 5.56. The lowest BCUT2D eigenvalue weighted by Gasteiger charge is -2.07. The maximum atomic E-state index is 11.3. The molecule has 0 aliphatic heterocycles. The monoisotopic (exact) mass is 307 g/mol. The molecule has 0 atom stereocenters. The number of sulfone groups is 1. The molecule has 1 aromatic carbocycles. The minimum atomic E-state index is -3.18. The molecular formula is C13H13N3O2S2.